The summed E-state index contributed by atoms with van der Waals surface area (Å²) in [5.74, 6) is -0.0349. The molecule has 0 atom stereocenters. The quantitative estimate of drug-likeness (QED) is 0.482. The molecule has 0 fully saturated rings. The molecule has 6 nitrogen and oxygen atoms in total. The van der Waals surface area contributed by atoms with E-state index in [9.17, 15) is 14.4 Å². The summed E-state index contributed by atoms with van der Waals surface area (Å²) in [7, 11) is 1.52. The summed E-state index contributed by atoms with van der Waals surface area (Å²) >= 11 is 0. The fourth-order valence-corrected chi connectivity index (χ4v) is 2.96. The van der Waals surface area contributed by atoms with Gasteiger partial charge in [-0.15, -0.1) is 4.91 Å². The Morgan fingerprint density at radius 2 is 1.83 bits per heavy atom. The largest absolute Gasteiger partial charge is 0.497 e. The van der Waals surface area contributed by atoms with Crippen molar-refractivity contribution in [3.05, 3.63) is 47.1 Å². The fraction of sp³-hybridized carbons (Fsp3) is 0.0588. The van der Waals surface area contributed by atoms with Crippen LogP contribution in [0.4, 0.5) is 10.1 Å². The third kappa shape index (κ3) is 1.95. The molecule has 24 heavy (non-hydrogen) atoms. The molecule has 0 saturated carbocycles. The van der Waals surface area contributed by atoms with Gasteiger partial charge in [-0.25, -0.2) is 4.39 Å². The second-order valence-electron chi connectivity index (χ2n) is 5.39. The number of halogens is 1. The van der Waals surface area contributed by atoms with Gasteiger partial charge < -0.3 is 19.8 Å². The number of aromatic hydroxyl groups is 1. The predicted octanol–water partition coefficient (Wildman–Crippen LogP) is 4.57. The van der Waals surface area contributed by atoms with Gasteiger partial charge in [-0.2, -0.15) is 0 Å². The van der Waals surface area contributed by atoms with Crippen molar-refractivity contribution in [2.75, 3.05) is 7.11 Å². The van der Waals surface area contributed by atoms with Crippen molar-refractivity contribution in [3.63, 3.8) is 0 Å². The standard InChI is InChI=1S/C17H12FN3O3/c1-24-9-3-5-13-11(7-9)15(21-23)16(19-13)14-10-6-8(18)2-4-12(10)20-17(14)22/h2-7,19-20,22H,1H3. The lowest BCUT2D eigenvalue weighted by Crippen LogP contribution is -1.80. The van der Waals surface area contributed by atoms with Gasteiger partial charge in [0.25, 0.3) is 0 Å². The van der Waals surface area contributed by atoms with Crippen LogP contribution in [-0.2, 0) is 0 Å². The minimum Gasteiger partial charge on any atom is -0.497 e. The first-order valence-corrected chi connectivity index (χ1v) is 7.16. The molecule has 2 heterocycles. The number of rotatable bonds is 3. The summed E-state index contributed by atoms with van der Waals surface area (Å²) in [5, 5.41) is 14.4. The van der Waals surface area contributed by atoms with Crippen molar-refractivity contribution >= 4 is 27.5 Å². The van der Waals surface area contributed by atoms with Gasteiger partial charge in [0, 0.05) is 21.8 Å². The van der Waals surface area contributed by atoms with Gasteiger partial charge in [0.1, 0.15) is 17.3 Å². The number of aromatic amines is 2. The Bertz CT molecular complexity index is 1100. The van der Waals surface area contributed by atoms with Crippen LogP contribution in [0.2, 0.25) is 0 Å². The SMILES string of the molecule is COc1ccc2[nH]c(-c3c(O)[nH]c4ccc(F)cc34)c(N=O)c2c1. The number of nitrogens with one attached hydrogen (secondary N) is 2. The van der Waals surface area contributed by atoms with E-state index in [1.807, 2.05) is 0 Å². The van der Waals surface area contributed by atoms with Gasteiger partial charge in [-0.05, 0) is 41.6 Å². The Kier molecular flexibility index (Phi) is 3.02. The maximum absolute atomic E-state index is 13.6. The molecule has 3 N–H and O–H groups in total. The number of ether oxygens (including phenoxy) is 1. The number of nitrogens with zero attached hydrogens (tertiary/aromatic N) is 1. The first-order valence-electron chi connectivity index (χ1n) is 7.16. The monoisotopic (exact) mass is 325 g/mol. The fourth-order valence-electron chi connectivity index (χ4n) is 2.96. The maximum Gasteiger partial charge on any atom is 0.199 e. The van der Waals surface area contributed by atoms with E-state index in [1.54, 1.807) is 18.2 Å². The van der Waals surface area contributed by atoms with Crippen LogP contribution in [-0.4, -0.2) is 22.2 Å². The highest BCUT2D eigenvalue weighted by Crippen LogP contribution is 2.44. The van der Waals surface area contributed by atoms with E-state index >= 15 is 0 Å². The zero-order valence-corrected chi connectivity index (χ0v) is 12.6. The molecule has 7 heteroatoms. The topological polar surface area (TPSA) is 90.5 Å². The highest BCUT2D eigenvalue weighted by atomic mass is 19.1. The summed E-state index contributed by atoms with van der Waals surface area (Å²) in [4.78, 5) is 17.3. The van der Waals surface area contributed by atoms with Crippen LogP contribution in [0.1, 0.15) is 0 Å². The Hall–Kier alpha value is -3.35. The Morgan fingerprint density at radius 1 is 1.08 bits per heavy atom. The van der Waals surface area contributed by atoms with Gasteiger partial charge in [-0.3, -0.25) is 0 Å². The molecular weight excluding hydrogens is 313 g/mol. The van der Waals surface area contributed by atoms with Crippen LogP contribution < -0.4 is 4.74 Å². The molecule has 4 rings (SSSR count). The van der Waals surface area contributed by atoms with Crippen LogP contribution in [0.25, 0.3) is 33.1 Å². The number of nitroso groups, excluding NO2 is 1. The Morgan fingerprint density at radius 3 is 2.58 bits per heavy atom. The predicted molar refractivity (Wildman–Crippen MR) is 89.2 cm³/mol. The summed E-state index contributed by atoms with van der Waals surface area (Å²) < 4.78 is 18.8. The summed E-state index contributed by atoms with van der Waals surface area (Å²) in [6.45, 7) is 0. The molecule has 4 aromatic rings. The summed E-state index contributed by atoms with van der Waals surface area (Å²) in [6.07, 6.45) is 0. The normalized spacial score (nSPS) is 11.2. The zero-order chi connectivity index (χ0) is 16.8. The van der Waals surface area contributed by atoms with Crippen molar-refractivity contribution in [1.29, 1.82) is 0 Å². The van der Waals surface area contributed by atoms with E-state index in [0.29, 0.717) is 38.8 Å². The van der Waals surface area contributed by atoms with Crippen LogP contribution in [0, 0.1) is 10.7 Å². The maximum atomic E-state index is 13.6. The van der Waals surface area contributed by atoms with Gasteiger partial charge in [0.15, 0.2) is 5.88 Å². The number of aromatic nitrogens is 2. The minimum atomic E-state index is -0.443. The number of H-pyrrole nitrogens is 2. The number of methoxy groups -OCH3 is 1. The van der Waals surface area contributed by atoms with E-state index in [4.69, 9.17) is 4.74 Å². The molecule has 0 aliphatic rings. The first kappa shape index (κ1) is 14.3. The lowest BCUT2D eigenvalue weighted by Gasteiger charge is -1.99. The highest BCUT2D eigenvalue weighted by Gasteiger charge is 2.21. The minimum absolute atomic E-state index is 0.129. The molecular formula is C17H12FN3O3. The lowest BCUT2D eigenvalue weighted by molar-refractivity contribution is 0.415. The molecule has 0 spiro atoms. The molecule has 2 aromatic carbocycles. The molecule has 0 unspecified atom stereocenters. The van der Waals surface area contributed by atoms with Crippen LogP contribution >= 0.6 is 0 Å². The van der Waals surface area contributed by atoms with E-state index in [2.05, 4.69) is 15.1 Å². The van der Waals surface area contributed by atoms with Gasteiger partial charge in [-0.1, -0.05) is 0 Å². The smallest absolute Gasteiger partial charge is 0.199 e. The Labute approximate surface area is 134 Å². The molecule has 0 aliphatic heterocycles. The molecule has 2 aromatic heterocycles. The van der Waals surface area contributed by atoms with Crippen molar-refractivity contribution in [1.82, 2.24) is 9.97 Å². The van der Waals surface area contributed by atoms with E-state index in [1.165, 1.54) is 25.3 Å². The number of hydrogen-bond donors (Lipinski definition) is 3. The zero-order valence-electron chi connectivity index (χ0n) is 12.6. The molecule has 0 bridgehead atoms. The van der Waals surface area contributed by atoms with Crippen LogP contribution in [0.15, 0.2) is 41.6 Å². The van der Waals surface area contributed by atoms with Gasteiger partial charge >= 0.3 is 0 Å². The van der Waals surface area contributed by atoms with Gasteiger partial charge in [0.05, 0.1) is 18.4 Å². The number of benzene rings is 2. The number of hydrogen-bond acceptors (Lipinski definition) is 4. The molecule has 0 amide bonds. The van der Waals surface area contributed by atoms with E-state index < -0.39 is 5.82 Å². The van der Waals surface area contributed by atoms with Crippen LogP contribution in [0.3, 0.4) is 0 Å². The van der Waals surface area contributed by atoms with Crippen molar-refractivity contribution in [2.45, 2.75) is 0 Å². The summed E-state index contributed by atoms with van der Waals surface area (Å²) in [5.41, 5.74) is 1.96. The van der Waals surface area contributed by atoms with Crippen molar-refractivity contribution in [3.8, 4) is 22.9 Å². The van der Waals surface area contributed by atoms with Crippen LogP contribution in [0.5, 0.6) is 11.6 Å². The third-order valence-electron chi connectivity index (χ3n) is 4.06. The first-order chi connectivity index (χ1) is 11.6. The molecule has 0 aliphatic carbocycles. The average Bonchev–Trinajstić information content (AvgIpc) is 3.09. The van der Waals surface area contributed by atoms with E-state index in [0.717, 1.165) is 0 Å². The third-order valence-corrected chi connectivity index (χ3v) is 4.06. The molecule has 0 saturated heterocycles. The second-order valence-corrected chi connectivity index (χ2v) is 5.39. The van der Waals surface area contributed by atoms with Crippen molar-refractivity contribution in [2.24, 2.45) is 5.18 Å². The summed E-state index contributed by atoms with van der Waals surface area (Å²) in [6, 6.07) is 9.27. The van der Waals surface area contributed by atoms with Crippen molar-refractivity contribution < 1.29 is 14.2 Å². The second kappa shape index (κ2) is 5.09. The average molecular weight is 325 g/mol. The van der Waals surface area contributed by atoms with Gasteiger partial charge in [0.2, 0.25) is 0 Å². The Balaban J connectivity index is 2.08. The highest BCUT2D eigenvalue weighted by molar-refractivity contribution is 6.07. The van der Waals surface area contributed by atoms with E-state index in [-0.39, 0.29) is 11.6 Å². The molecule has 120 valence electrons. The lowest BCUT2D eigenvalue weighted by atomic mass is 10.1. The molecule has 0 radical (unpaired) electrons. The number of fused-ring (bicyclic) bond motifs is 2.